The van der Waals surface area contributed by atoms with Crippen molar-refractivity contribution in [2.45, 2.75) is 77.1 Å². The lowest BCUT2D eigenvalue weighted by atomic mass is 9.63. The molecule has 2 heteroatoms. The molecule has 0 radical (unpaired) electrons. The van der Waals surface area contributed by atoms with E-state index in [0.29, 0.717) is 6.61 Å². The standard InChI is InChI=1S/C19H28O2/c1-13-12-20-19(6,21-13)14-7-8-15-16(11-14)18(4,5)10-9-17(15,2)3/h7-8,11,13H,9-10,12H2,1-6H3/t13-,19+/m1/s1. The molecular weight excluding hydrogens is 260 g/mol. The predicted molar refractivity (Wildman–Crippen MR) is 85.6 cm³/mol. The van der Waals surface area contributed by atoms with Gasteiger partial charge < -0.3 is 9.47 Å². The summed E-state index contributed by atoms with van der Waals surface area (Å²) in [4.78, 5) is 0. The monoisotopic (exact) mass is 288 g/mol. The molecule has 0 saturated carbocycles. The second-order valence-corrected chi connectivity index (χ2v) is 8.21. The van der Waals surface area contributed by atoms with Gasteiger partial charge in [0.15, 0.2) is 5.79 Å². The Morgan fingerprint density at radius 2 is 1.57 bits per heavy atom. The van der Waals surface area contributed by atoms with Crippen molar-refractivity contribution < 1.29 is 9.47 Å². The van der Waals surface area contributed by atoms with E-state index in [-0.39, 0.29) is 16.9 Å². The SMILES string of the molecule is C[C@@H]1CO[C@](C)(c2ccc3c(c2)C(C)(C)CCC3(C)C)O1. The van der Waals surface area contributed by atoms with E-state index in [1.54, 1.807) is 0 Å². The van der Waals surface area contributed by atoms with Crippen LogP contribution in [0.4, 0.5) is 0 Å². The molecule has 1 aromatic rings. The van der Waals surface area contributed by atoms with Crippen molar-refractivity contribution in [3.05, 3.63) is 34.9 Å². The molecule has 3 rings (SSSR count). The third-order valence-electron chi connectivity index (χ3n) is 5.40. The minimum Gasteiger partial charge on any atom is -0.343 e. The van der Waals surface area contributed by atoms with Crippen molar-refractivity contribution in [2.24, 2.45) is 0 Å². The summed E-state index contributed by atoms with van der Waals surface area (Å²) >= 11 is 0. The summed E-state index contributed by atoms with van der Waals surface area (Å²) < 4.78 is 12.0. The van der Waals surface area contributed by atoms with Gasteiger partial charge in [-0.15, -0.1) is 0 Å². The highest BCUT2D eigenvalue weighted by Gasteiger charge is 2.41. The molecule has 0 amide bonds. The lowest BCUT2D eigenvalue weighted by Gasteiger charge is -2.42. The highest BCUT2D eigenvalue weighted by molar-refractivity contribution is 5.44. The molecule has 0 bridgehead atoms. The normalized spacial score (nSPS) is 33.7. The molecule has 1 aliphatic carbocycles. The van der Waals surface area contributed by atoms with Gasteiger partial charge in [-0.05, 0) is 54.7 Å². The van der Waals surface area contributed by atoms with Crippen LogP contribution in [0.1, 0.15) is 71.1 Å². The van der Waals surface area contributed by atoms with Crippen LogP contribution >= 0.6 is 0 Å². The largest absolute Gasteiger partial charge is 0.343 e. The molecule has 1 saturated heterocycles. The highest BCUT2D eigenvalue weighted by atomic mass is 16.7. The minimum absolute atomic E-state index is 0.162. The lowest BCUT2D eigenvalue weighted by molar-refractivity contribution is -0.159. The molecule has 1 fully saturated rings. The van der Waals surface area contributed by atoms with Crippen LogP contribution < -0.4 is 0 Å². The first-order valence-corrected chi connectivity index (χ1v) is 8.11. The van der Waals surface area contributed by atoms with Crippen molar-refractivity contribution in [1.82, 2.24) is 0 Å². The first-order valence-electron chi connectivity index (χ1n) is 8.11. The Balaban J connectivity index is 2.08. The summed E-state index contributed by atoms with van der Waals surface area (Å²) in [5.74, 6) is -0.591. The summed E-state index contributed by atoms with van der Waals surface area (Å²) in [7, 11) is 0. The van der Waals surface area contributed by atoms with Gasteiger partial charge in [0, 0.05) is 5.56 Å². The number of rotatable bonds is 1. The Morgan fingerprint density at radius 1 is 0.952 bits per heavy atom. The molecule has 1 aromatic carbocycles. The summed E-state index contributed by atoms with van der Waals surface area (Å²) in [5.41, 5.74) is 4.58. The molecule has 116 valence electrons. The number of benzene rings is 1. The highest BCUT2D eigenvalue weighted by Crippen LogP contribution is 2.47. The summed E-state index contributed by atoms with van der Waals surface area (Å²) in [6.07, 6.45) is 2.63. The Bertz CT molecular complexity index is 559. The molecule has 0 N–H and O–H groups in total. The first kappa shape index (κ1) is 15.1. The van der Waals surface area contributed by atoms with Crippen LogP contribution in [0.25, 0.3) is 0 Å². The molecule has 21 heavy (non-hydrogen) atoms. The van der Waals surface area contributed by atoms with Gasteiger partial charge in [-0.1, -0.05) is 39.8 Å². The van der Waals surface area contributed by atoms with E-state index in [1.807, 2.05) is 6.92 Å². The van der Waals surface area contributed by atoms with E-state index in [4.69, 9.17) is 9.47 Å². The number of fused-ring (bicyclic) bond motifs is 1. The van der Waals surface area contributed by atoms with E-state index < -0.39 is 5.79 Å². The van der Waals surface area contributed by atoms with Gasteiger partial charge in [-0.2, -0.15) is 0 Å². The second-order valence-electron chi connectivity index (χ2n) is 8.21. The van der Waals surface area contributed by atoms with E-state index in [2.05, 4.69) is 52.8 Å². The van der Waals surface area contributed by atoms with Gasteiger partial charge >= 0.3 is 0 Å². The van der Waals surface area contributed by atoms with Gasteiger partial charge in [0.05, 0.1) is 12.7 Å². The Kier molecular flexibility index (Phi) is 3.27. The topological polar surface area (TPSA) is 18.5 Å². The maximum Gasteiger partial charge on any atom is 0.192 e. The molecule has 0 aromatic heterocycles. The van der Waals surface area contributed by atoms with Gasteiger partial charge in [-0.3, -0.25) is 0 Å². The summed E-state index contributed by atoms with van der Waals surface area (Å²) in [5, 5.41) is 0. The lowest BCUT2D eigenvalue weighted by Crippen LogP contribution is -2.35. The van der Waals surface area contributed by atoms with Crippen LogP contribution in [-0.4, -0.2) is 12.7 Å². The van der Waals surface area contributed by atoms with Gasteiger partial charge in [0.1, 0.15) is 0 Å². The van der Waals surface area contributed by atoms with Crippen molar-refractivity contribution in [2.75, 3.05) is 6.61 Å². The van der Waals surface area contributed by atoms with Crippen molar-refractivity contribution in [3.8, 4) is 0 Å². The summed E-state index contributed by atoms with van der Waals surface area (Å²) in [6.45, 7) is 14.2. The molecule has 1 aliphatic heterocycles. The van der Waals surface area contributed by atoms with Crippen LogP contribution in [0.2, 0.25) is 0 Å². The van der Waals surface area contributed by atoms with E-state index in [0.717, 1.165) is 5.56 Å². The van der Waals surface area contributed by atoms with Crippen LogP contribution in [-0.2, 0) is 26.1 Å². The van der Waals surface area contributed by atoms with Crippen molar-refractivity contribution in [3.63, 3.8) is 0 Å². The minimum atomic E-state index is -0.591. The van der Waals surface area contributed by atoms with Crippen LogP contribution in [0.15, 0.2) is 18.2 Å². The predicted octanol–water partition coefficient (Wildman–Crippen LogP) is 4.64. The van der Waals surface area contributed by atoms with Crippen molar-refractivity contribution >= 4 is 0 Å². The third kappa shape index (κ3) is 2.43. The van der Waals surface area contributed by atoms with Crippen molar-refractivity contribution in [1.29, 1.82) is 0 Å². The van der Waals surface area contributed by atoms with Gasteiger partial charge in [-0.25, -0.2) is 0 Å². The fraction of sp³-hybridized carbons (Fsp3) is 0.684. The smallest absolute Gasteiger partial charge is 0.192 e. The molecule has 2 nitrogen and oxygen atoms in total. The fourth-order valence-electron chi connectivity index (χ4n) is 3.75. The molecule has 1 heterocycles. The molecule has 0 spiro atoms. The number of ether oxygens (including phenoxy) is 2. The van der Waals surface area contributed by atoms with E-state index >= 15 is 0 Å². The van der Waals surface area contributed by atoms with E-state index in [1.165, 1.54) is 24.0 Å². The Morgan fingerprint density at radius 3 is 2.14 bits per heavy atom. The quantitative estimate of drug-likeness (QED) is 0.749. The average molecular weight is 288 g/mol. The van der Waals surface area contributed by atoms with Crippen LogP contribution in [0, 0.1) is 0 Å². The maximum atomic E-state index is 6.02. The molecule has 0 unspecified atom stereocenters. The van der Waals surface area contributed by atoms with E-state index in [9.17, 15) is 0 Å². The fourth-order valence-corrected chi connectivity index (χ4v) is 3.75. The van der Waals surface area contributed by atoms with Crippen LogP contribution in [0.3, 0.4) is 0 Å². The first-order chi connectivity index (χ1) is 9.64. The number of hydrogen-bond donors (Lipinski definition) is 0. The zero-order valence-electron chi connectivity index (χ0n) is 14.2. The summed E-state index contributed by atoms with van der Waals surface area (Å²) in [6, 6.07) is 6.82. The zero-order chi connectivity index (χ0) is 15.5. The molecule has 2 aliphatic rings. The second kappa shape index (κ2) is 4.57. The zero-order valence-corrected chi connectivity index (χ0v) is 14.2. The molecule has 2 atom stereocenters. The van der Waals surface area contributed by atoms with Crippen LogP contribution in [0.5, 0.6) is 0 Å². The maximum absolute atomic E-state index is 6.02. The van der Waals surface area contributed by atoms with Gasteiger partial charge in [0.25, 0.3) is 0 Å². The number of hydrogen-bond acceptors (Lipinski definition) is 2. The Hall–Kier alpha value is -0.860. The van der Waals surface area contributed by atoms with Gasteiger partial charge in [0.2, 0.25) is 0 Å². The third-order valence-corrected chi connectivity index (χ3v) is 5.40. The molecular formula is C19H28O2. The Labute approximate surface area is 128 Å². The average Bonchev–Trinajstić information content (AvgIpc) is 2.76.